The van der Waals surface area contributed by atoms with Crippen LogP contribution in [0.25, 0.3) is 0 Å². The van der Waals surface area contributed by atoms with Crippen LogP contribution in [0, 0.1) is 5.92 Å². The molecule has 0 aliphatic carbocycles. The zero-order valence-electron chi connectivity index (χ0n) is 13.1. The summed E-state index contributed by atoms with van der Waals surface area (Å²) in [5.74, 6) is 0.318. The predicted octanol–water partition coefficient (Wildman–Crippen LogP) is 1.77. The van der Waals surface area contributed by atoms with Crippen molar-refractivity contribution in [2.45, 2.75) is 19.4 Å². The van der Waals surface area contributed by atoms with E-state index in [1.165, 1.54) is 4.31 Å². The minimum atomic E-state index is -4.03. The SMILES string of the molecule is COCC1CCN(S(=O)(=O)N(Cc2ccccc2)C(=O)O)CC1. The lowest BCUT2D eigenvalue weighted by Gasteiger charge is -2.33. The number of benzene rings is 1. The van der Waals surface area contributed by atoms with Crippen molar-refractivity contribution < 1.29 is 23.1 Å². The average molecular weight is 342 g/mol. The Hall–Kier alpha value is -1.64. The predicted molar refractivity (Wildman–Crippen MR) is 85.1 cm³/mol. The maximum atomic E-state index is 12.6. The monoisotopic (exact) mass is 342 g/mol. The zero-order valence-corrected chi connectivity index (χ0v) is 13.9. The normalized spacial score (nSPS) is 17.1. The lowest BCUT2D eigenvalue weighted by atomic mass is 9.99. The molecule has 8 heteroatoms. The molecule has 1 fully saturated rings. The molecule has 1 aliphatic rings. The first-order valence-corrected chi connectivity index (χ1v) is 8.88. The van der Waals surface area contributed by atoms with Gasteiger partial charge in [-0.05, 0) is 24.3 Å². The molecule has 1 saturated heterocycles. The van der Waals surface area contributed by atoms with E-state index in [-0.39, 0.29) is 6.54 Å². The van der Waals surface area contributed by atoms with Gasteiger partial charge < -0.3 is 9.84 Å². The Kier molecular flexibility index (Phi) is 5.97. The summed E-state index contributed by atoms with van der Waals surface area (Å²) < 4.78 is 32.1. The molecule has 0 bridgehead atoms. The molecule has 0 unspecified atom stereocenters. The number of carbonyl (C=O) groups is 1. The summed E-state index contributed by atoms with van der Waals surface area (Å²) in [6, 6.07) is 8.70. The third-order valence-electron chi connectivity index (χ3n) is 3.96. The van der Waals surface area contributed by atoms with Gasteiger partial charge in [-0.2, -0.15) is 17.0 Å². The highest BCUT2D eigenvalue weighted by molar-refractivity contribution is 7.87. The van der Waals surface area contributed by atoms with E-state index in [4.69, 9.17) is 4.74 Å². The zero-order chi connectivity index (χ0) is 16.9. The molecule has 1 aliphatic heterocycles. The van der Waals surface area contributed by atoms with Crippen LogP contribution in [0.1, 0.15) is 18.4 Å². The van der Waals surface area contributed by atoms with Crippen LogP contribution in [0.4, 0.5) is 4.79 Å². The standard InChI is InChI=1S/C15H22N2O5S/c1-22-12-14-7-9-16(10-8-14)23(20,21)17(15(18)19)11-13-5-3-2-4-6-13/h2-6,14H,7-12H2,1H3,(H,18,19). The van der Waals surface area contributed by atoms with Crippen molar-refractivity contribution in [1.29, 1.82) is 0 Å². The number of piperidine rings is 1. The summed E-state index contributed by atoms with van der Waals surface area (Å²) in [6.07, 6.45) is -0.120. The smallest absolute Gasteiger partial charge is 0.422 e. The van der Waals surface area contributed by atoms with Crippen molar-refractivity contribution in [3.8, 4) is 0 Å². The minimum Gasteiger partial charge on any atom is -0.464 e. The number of ether oxygens (including phenoxy) is 1. The molecule has 0 spiro atoms. The quantitative estimate of drug-likeness (QED) is 0.851. The number of nitrogens with zero attached hydrogens (tertiary/aromatic N) is 2. The lowest BCUT2D eigenvalue weighted by molar-refractivity contribution is 0.118. The van der Waals surface area contributed by atoms with E-state index in [1.807, 2.05) is 0 Å². The summed E-state index contributed by atoms with van der Waals surface area (Å²) in [4.78, 5) is 11.5. The topological polar surface area (TPSA) is 87.2 Å². The van der Waals surface area contributed by atoms with Crippen LogP contribution in [-0.2, 0) is 21.5 Å². The highest BCUT2D eigenvalue weighted by Gasteiger charge is 2.35. The van der Waals surface area contributed by atoms with Crippen LogP contribution in [0.5, 0.6) is 0 Å². The van der Waals surface area contributed by atoms with Crippen molar-refractivity contribution in [3.63, 3.8) is 0 Å². The van der Waals surface area contributed by atoms with Crippen molar-refractivity contribution >= 4 is 16.3 Å². The first kappa shape index (κ1) is 17.7. The van der Waals surface area contributed by atoms with Gasteiger partial charge in [-0.1, -0.05) is 30.3 Å². The Morgan fingerprint density at radius 3 is 2.43 bits per heavy atom. The molecule has 1 amide bonds. The van der Waals surface area contributed by atoms with Crippen LogP contribution in [-0.4, -0.2) is 55.0 Å². The second kappa shape index (κ2) is 7.76. The molecule has 1 aromatic rings. The fraction of sp³-hybridized carbons (Fsp3) is 0.533. The van der Waals surface area contributed by atoms with Gasteiger partial charge >= 0.3 is 16.3 Å². The molecule has 0 atom stereocenters. The molecular formula is C15H22N2O5S. The highest BCUT2D eigenvalue weighted by atomic mass is 32.2. The molecule has 0 aromatic heterocycles. The lowest BCUT2D eigenvalue weighted by Crippen LogP contribution is -2.49. The van der Waals surface area contributed by atoms with Gasteiger partial charge in [0.05, 0.1) is 6.54 Å². The average Bonchev–Trinajstić information content (AvgIpc) is 2.54. The van der Waals surface area contributed by atoms with Crippen LogP contribution in [0.3, 0.4) is 0 Å². The summed E-state index contributed by atoms with van der Waals surface area (Å²) in [5, 5.41) is 9.34. The van der Waals surface area contributed by atoms with Gasteiger partial charge in [-0.15, -0.1) is 0 Å². The van der Waals surface area contributed by atoms with E-state index in [2.05, 4.69) is 0 Å². The number of methoxy groups -OCH3 is 1. The Labute approximate surface area is 136 Å². The maximum absolute atomic E-state index is 12.6. The van der Waals surface area contributed by atoms with Gasteiger partial charge in [0.15, 0.2) is 0 Å². The molecule has 0 saturated carbocycles. The van der Waals surface area contributed by atoms with Gasteiger partial charge in [0.25, 0.3) is 0 Å². The first-order chi connectivity index (χ1) is 10.9. The van der Waals surface area contributed by atoms with Gasteiger partial charge in [0.2, 0.25) is 0 Å². The van der Waals surface area contributed by atoms with Crippen molar-refractivity contribution in [2.24, 2.45) is 5.92 Å². The largest absolute Gasteiger partial charge is 0.464 e. The number of hydrogen-bond donors (Lipinski definition) is 1. The molecule has 1 N–H and O–H groups in total. The van der Waals surface area contributed by atoms with Crippen molar-refractivity contribution in [3.05, 3.63) is 35.9 Å². The van der Waals surface area contributed by atoms with Crippen LogP contribution < -0.4 is 0 Å². The van der Waals surface area contributed by atoms with E-state index >= 15 is 0 Å². The summed E-state index contributed by atoms with van der Waals surface area (Å²) in [7, 11) is -2.41. The third-order valence-corrected chi connectivity index (χ3v) is 5.82. The fourth-order valence-electron chi connectivity index (χ4n) is 2.68. The molecule has 0 radical (unpaired) electrons. The number of carboxylic acid groups (broad SMARTS) is 1. The molecule has 1 heterocycles. The number of rotatable bonds is 6. The Morgan fingerprint density at radius 2 is 1.91 bits per heavy atom. The van der Waals surface area contributed by atoms with E-state index in [9.17, 15) is 18.3 Å². The molecular weight excluding hydrogens is 320 g/mol. The molecule has 128 valence electrons. The Bertz CT molecular complexity index is 612. The Balaban J connectivity index is 2.10. The third kappa shape index (κ3) is 4.43. The Morgan fingerprint density at radius 1 is 1.30 bits per heavy atom. The van der Waals surface area contributed by atoms with E-state index in [0.29, 0.717) is 48.3 Å². The van der Waals surface area contributed by atoms with E-state index in [1.54, 1.807) is 37.4 Å². The van der Waals surface area contributed by atoms with Crippen LogP contribution in [0.15, 0.2) is 30.3 Å². The second-order valence-corrected chi connectivity index (χ2v) is 7.43. The van der Waals surface area contributed by atoms with E-state index < -0.39 is 16.3 Å². The second-order valence-electron chi connectivity index (χ2n) is 5.58. The number of amides is 1. The minimum absolute atomic E-state index is 0.184. The van der Waals surface area contributed by atoms with Gasteiger partial charge in [0, 0.05) is 26.8 Å². The number of hydrogen-bond acceptors (Lipinski definition) is 4. The molecule has 2 rings (SSSR count). The van der Waals surface area contributed by atoms with Crippen LogP contribution in [0.2, 0.25) is 0 Å². The summed E-state index contributed by atoms with van der Waals surface area (Å²) >= 11 is 0. The van der Waals surface area contributed by atoms with Crippen molar-refractivity contribution in [1.82, 2.24) is 8.61 Å². The van der Waals surface area contributed by atoms with Crippen molar-refractivity contribution in [2.75, 3.05) is 26.8 Å². The summed E-state index contributed by atoms with van der Waals surface area (Å²) in [5.41, 5.74) is 0.632. The van der Waals surface area contributed by atoms with E-state index in [0.717, 1.165) is 0 Å². The van der Waals surface area contributed by atoms with Gasteiger partial charge in [0.1, 0.15) is 0 Å². The molecule has 1 aromatic carbocycles. The van der Waals surface area contributed by atoms with Gasteiger partial charge in [-0.25, -0.2) is 4.79 Å². The van der Waals surface area contributed by atoms with Gasteiger partial charge in [-0.3, -0.25) is 0 Å². The molecule has 7 nitrogen and oxygen atoms in total. The van der Waals surface area contributed by atoms with Crippen LogP contribution >= 0.6 is 0 Å². The molecule has 23 heavy (non-hydrogen) atoms. The maximum Gasteiger partial charge on any atom is 0.422 e. The highest BCUT2D eigenvalue weighted by Crippen LogP contribution is 2.22. The first-order valence-electron chi connectivity index (χ1n) is 7.48. The summed E-state index contributed by atoms with van der Waals surface area (Å²) in [6.45, 7) is 1.04. The fourth-order valence-corrected chi connectivity index (χ4v) is 4.14.